The lowest BCUT2D eigenvalue weighted by atomic mass is 9.75. The molecule has 2 aromatic carbocycles. The minimum atomic E-state index is -1.25. The number of allylic oxidation sites excluding steroid dienone is 2. The first-order valence-corrected chi connectivity index (χ1v) is 12.6. The van der Waals surface area contributed by atoms with Crippen molar-refractivity contribution >= 4 is 23.5 Å². The van der Waals surface area contributed by atoms with Crippen LogP contribution in [-0.2, 0) is 28.7 Å². The van der Waals surface area contributed by atoms with Crippen molar-refractivity contribution in [1.29, 1.82) is 0 Å². The van der Waals surface area contributed by atoms with E-state index in [9.17, 15) is 29.4 Å². The first kappa shape index (κ1) is 31.5. The van der Waals surface area contributed by atoms with Gasteiger partial charge >= 0.3 is 11.9 Å². The third-order valence-electron chi connectivity index (χ3n) is 6.88. The molecule has 0 fully saturated rings. The number of carbonyl (C=O) groups excluding carboxylic acids is 4. The van der Waals surface area contributed by atoms with E-state index in [0.717, 1.165) is 14.2 Å². The Hall–Kier alpha value is -5.00. The maximum Gasteiger partial charge on any atom is 0.306 e. The van der Waals surface area contributed by atoms with Crippen molar-refractivity contribution in [2.75, 3.05) is 42.7 Å². The third-order valence-corrected chi connectivity index (χ3v) is 6.88. The lowest BCUT2D eigenvalue weighted by Gasteiger charge is -2.28. The SMILES string of the molecule is COC(=O)C[C@H](C1=C(O)C(=O)C([C@@H](CC(=O)OC)c2cc(OC)cc(OC)c2)=C(O)C1=O)c1cc(OC)cc(OC)c1. The Balaban J connectivity index is 2.24. The van der Waals surface area contributed by atoms with Gasteiger partial charge in [0.05, 0.1) is 66.6 Å². The number of Topliss-reactive ketones (excluding diaryl/α,β-unsaturated/α-hetero) is 2. The lowest BCUT2D eigenvalue weighted by molar-refractivity contribution is -0.142. The van der Waals surface area contributed by atoms with Gasteiger partial charge in [0, 0.05) is 24.0 Å². The van der Waals surface area contributed by atoms with E-state index in [2.05, 4.69) is 0 Å². The molecule has 42 heavy (non-hydrogen) atoms. The van der Waals surface area contributed by atoms with Crippen LogP contribution in [0.3, 0.4) is 0 Å². The van der Waals surface area contributed by atoms with Gasteiger partial charge in [-0.2, -0.15) is 0 Å². The first-order valence-electron chi connectivity index (χ1n) is 12.6. The standard InChI is InChI=1S/C30H32O12/c1-37-17-7-15(8-18(11-17)38-2)21(13-23(31)41-5)25-27(33)29(35)26(30(36)28(25)34)22(14-24(32)42-6)16-9-19(39-3)12-20(10-16)40-4/h7-12,21-22,33,36H,13-14H2,1-6H3/t21-,22-/m0/s1. The zero-order chi connectivity index (χ0) is 31.1. The molecule has 224 valence electrons. The molecule has 0 aliphatic heterocycles. The van der Waals surface area contributed by atoms with Gasteiger partial charge in [0.1, 0.15) is 23.0 Å². The summed E-state index contributed by atoms with van der Waals surface area (Å²) >= 11 is 0. The highest BCUT2D eigenvalue weighted by Crippen LogP contribution is 2.43. The number of methoxy groups -OCH3 is 6. The molecule has 0 unspecified atom stereocenters. The zero-order valence-corrected chi connectivity index (χ0v) is 24.0. The van der Waals surface area contributed by atoms with Crippen LogP contribution in [0.2, 0.25) is 0 Å². The van der Waals surface area contributed by atoms with Crippen molar-refractivity contribution in [2.24, 2.45) is 0 Å². The van der Waals surface area contributed by atoms with E-state index in [1.165, 1.54) is 52.7 Å². The van der Waals surface area contributed by atoms with Gasteiger partial charge in [0.15, 0.2) is 11.5 Å². The number of aliphatic hydroxyl groups excluding tert-OH is 2. The summed E-state index contributed by atoms with van der Waals surface area (Å²) in [5.74, 6) is -7.06. The molecule has 12 heteroatoms. The Bertz CT molecular complexity index is 1300. The van der Waals surface area contributed by atoms with Crippen LogP contribution in [0.4, 0.5) is 0 Å². The van der Waals surface area contributed by atoms with Gasteiger partial charge in [-0.15, -0.1) is 0 Å². The van der Waals surface area contributed by atoms with Crippen molar-refractivity contribution < 1.29 is 57.8 Å². The molecule has 0 spiro atoms. The molecule has 2 N–H and O–H groups in total. The normalized spacial score (nSPS) is 14.7. The average molecular weight is 585 g/mol. The number of rotatable bonds is 12. The fourth-order valence-corrected chi connectivity index (χ4v) is 4.70. The number of esters is 2. The second kappa shape index (κ2) is 13.6. The van der Waals surface area contributed by atoms with Crippen molar-refractivity contribution in [3.05, 3.63) is 70.2 Å². The second-order valence-corrected chi connectivity index (χ2v) is 9.14. The summed E-state index contributed by atoms with van der Waals surface area (Å²) in [6, 6.07) is 9.08. The van der Waals surface area contributed by atoms with Crippen molar-refractivity contribution in [3.63, 3.8) is 0 Å². The molecule has 1 aliphatic rings. The largest absolute Gasteiger partial charge is 0.504 e. The van der Waals surface area contributed by atoms with Crippen LogP contribution in [0.1, 0.15) is 35.8 Å². The van der Waals surface area contributed by atoms with E-state index in [4.69, 9.17) is 28.4 Å². The van der Waals surface area contributed by atoms with E-state index in [-0.39, 0.29) is 11.1 Å². The molecule has 0 radical (unpaired) electrons. The maximum absolute atomic E-state index is 13.8. The topological polar surface area (TPSA) is 164 Å². The number of aliphatic hydroxyl groups is 2. The van der Waals surface area contributed by atoms with E-state index in [1.807, 2.05) is 0 Å². The quantitative estimate of drug-likeness (QED) is 0.276. The minimum Gasteiger partial charge on any atom is -0.504 e. The highest BCUT2D eigenvalue weighted by Gasteiger charge is 2.43. The molecule has 0 heterocycles. The van der Waals surface area contributed by atoms with Crippen LogP contribution in [0, 0.1) is 0 Å². The Morgan fingerprint density at radius 2 is 0.857 bits per heavy atom. The van der Waals surface area contributed by atoms with Gasteiger partial charge in [-0.1, -0.05) is 0 Å². The number of hydrogen-bond acceptors (Lipinski definition) is 12. The third kappa shape index (κ3) is 6.48. The molecule has 0 saturated carbocycles. The summed E-state index contributed by atoms with van der Waals surface area (Å²) < 4.78 is 30.8. The van der Waals surface area contributed by atoms with Crippen molar-refractivity contribution in [1.82, 2.24) is 0 Å². The number of ketones is 2. The monoisotopic (exact) mass is 584 g/mol. The van der Waals surface area contributed by atoms with Gasteiger partial charge in [-0.3, -0.25) is 19.2 Å². The van der Waals surface area contributed by atoms with Gasteiger partial charge in [0.2, 0.25) is 11.6 Å². The van der Waals surface area contributed by atoms with Gasteiger partial charge in [-0.25, -0.2) is 0 Å². The molecular formula is C30H32O12. The smallest absolute Gasteiger partial charge is 0.306 e. The molecule has 0 aromatic heterocycles. The fourth-order valence-electron chi connectivity index (χ4n) is 4.70. The average Bonchev–Trinajstić information content (AvgIpc) is 3.01. The number of hydrogen-bond donors (Lipinski definition) is 2. The number of benzene rings is 2. The van der Waals surface area contributed by atoms with Gasteiger partial charge in [0.25, 0.3) is 0 Å². The predicted molar refractivity (Wildman–Crippen MR) is 147 cm³/mol. The van der Waals surface area contributed by atoms with E-state index in [1.54, 1.807) is 12.1 Å². The number of ether oxygens (including phenoxy) is 6. The van der Waals surface area contributed by atoms with Crippen LogP contribution in [0.15, 0.2) is 59.1 Å². The molecule has 2 aromatic rings. The van der Waals surface area contributed by atoms with Crippen LogP contribution < -0.4 is 18.9 Å². The van der Waals surface area contributed by atoms with Gasteiger partial charge < -0.3 is 38.6 Å². The van der Waals surface area contributed by atoms with E-state index in [0.29, 0.717) is 23.0 Å². The molecule has 1 aliphatic carbocycles. The summed E-state index contributed by atoms with van der Waals surface area (Å²) in [5, 5.41) is 22.5. The van der Waals surface area contributed by atoms with Crippen LogP contribution in [-0.4, -0.2) is 76.4 Å². The van der Waals surface area contributed by atoms with Crippen LogP contribution >= 0.6 is 0 Å². The Morgan fingerprint density at radius 3 is 1.10 bits per heavy atom. The van der Waals surface area contributed by atoms with Gasteiger partial charge in [-0.05, 0) is 35.4 Å². The van der Waals surface area contributed by atoms with Crippen molar-refractivity contribution in [3.8, 4) is 23.0 Å². The predicted octanol–water partition coefficient (Wildman–Crippen LogP) is 3.49. The molecule has 0 bridgehead atoms. The first-order chi connectivity index (χ1) is 20.0. The summed E-state index contributed by atoms with van der Waals surface area (Å²) in [7, 11) is 7.88. The highest BCUT2D eigenvalue weighted by molar-refractivity contribution is 6.24. The summed E-state index contributed by atoms with van der Waals surface area (Å²) in [4.78, 5) is 52.4. The van der Waals surface area contributed by atoms with Crippen LogP contribution in [0.25, 0.3) is 0 Å². The minimum absolute atomic E-state index is 0.263. The summed E-state index contributed by atoms with van der Waals surface area (Å²) in [6.07, 6.45) is -0.959. The van der Waals surface area contributed by atoms with Crippen molar-refractivity contribution in [2.45, 2.75) is 24.7 Å². The molecule has 0 saturated heterocycles. The maximum atomic E-state index is 13.8. The highest BCUT2D eigenvalue weighted by atomic mass is 16.5. The fraction of sp³-hybridized carbons (Fsp3) is 0.333. The summed E-state index contributed by atoms with van der Waals surface area (Å²) in [6.45, 7) is 0. The molecule has 3 rings (SSSR count). The Morgan fingerprint density at radius 1 is 0.571 bits per heavy atom. The van der Waals surface area contributed by atoms with Crippen LogP contribution in [0.5, 0.6) is 23.0 Å². The zero-order valence-electron chi connectivity index (χ0n) is 24.0. The molecule has 12 nitrogen and oxygen atoms in total. The molecule has 2 atom stereocenters. The number of carbonyl (C=O) groups is 4. The molecular weight excluding hydrogens is 552 g/mol. The molecule has 0 amide bonds. The summed E-state index contributed by atoms with van der Waals surface area (Å²) in [5.41, 5.74) is -0.553. The second-order valence-electron chi connectivity index (χ2n) is 9.14. The van der Waals surface area contributed by atoms with E-state index < -0.39 is 70.8 Å². The van der Waals surface area contributed by atoms with E-state index >= 15 is 0 Å². The Kier molecular flexibility index (Phi) is 10.2. The Labute approximate surface area is 242 Å². The lowest BCUT2D eigenvalue weighted by Crippen LogP contribution is -2.31.